The molecule has 3 rings (SSSR count). The van der Waals surface area contributed by atoms with Gasteiger partial charge < -0.3 is 10.6 Å². The number of benzene rings is 1. The molecule has 122 valence electrons. The van der Waals surface area contributed by atoms with Crippen LogP contribution in [0, 0.1) is 0 Å². The van der Waals surface area contributed by atoms with Crippen LogP contribution in [0.1, 0.15) is 22.5 Å². The molecule has 2 N–H and O–H groups in total. The minimum atomic E-state index is -0.148. The zero-order valence-electron chi connectivity index (χ0n) is 13.0. The maximum atomic E-state index is 12.2. The van der Waals surface area contributed by atoms with Crippen molar-refractivity contribution in [2.24, 2.45) is 0 Å². The molecule has 0 aliphatic rings. The van der Waals surface area contributed by atoms with Gasteiger partial charge in [-0.25, -0.2) is 0 Å². The Morgan fingerprint density at radius 2 is 1.88 bits per heavy atom. The molecule has 24 heavy (non-hydrogen) atoms. The molecule has 0 fully saturated rings. The number of amides is 2. The van der Waals surface area contributed by atoms with E-state index in [1.165, 1.54) is 0 Å². The summed E-state index contributed by atoms with van der Waals surface area (Å²) in [7, 11) is 0. The number of rotatable bonds is 6. The fourth-order valence-electron chi connectivity index (χ4n) is 2.32. The van der Waals surface area contributed by atoms with E-state index in [1.807, 2.05) is 47.8 Å². The van der Waals surface area contributed by atoms with Crippen molar-refractivity contribution in [1.29, 1.82) is 0 Å². The van der Waals surface area contributed by atoms with Crippen molar-refractivity contribution in [2.75, 3.05) is 6.54 Å². The van der Waals surface area contributed by atoms with Gasteiger partial charge in [0.2, 0.25) is 5.91 Å². The first-order valence-corrected chi connectivity index (χ1v) is 8.53. The minimum absolute atomic E-state index is 0.115. The average molecular weight is 339 g/mol. The Hall–Kier alpha value is -2.73. The minimum Gasteiger partial charge on any atom is -0.351 e. The molecule has 1 aromatic carbocycles. The second kappa shape index (κ2) is 7.70. The number of nitrogens with zero attached hydrogens (tertiary/aromatic N) is 1. The Kier molecular flexibility index (Phi) is 5.18. The molecule has 0 radical (unpaired) electrons. The topological polar surface area (TPSA) is 71.1 Å². The summed E-state index contributed by atoms with van der Waals surface area (Å²) < 4.78 is 1.08. The first kappa shape index (κ1) is 16.1. The molecule has 0 bridgehead atoms. The molecule has 0 unspecified atom stereocenters. The van der Waals surface area contributed by atoms with Crippen LogP contribution in [0.25, 0.3) is 10.1 Å². The van der Waals surface area contributed by atoms with Crippen molar-refractivity contribution in [1.82, 2.24) is 15.6 Å². The lowest BCUT2D eigenvalue weighted by molar-refractivity contribution is -0.121. The van der Waals surface area contributed by atoms with Gasteiger partial charge in [0.1, 0.15) is 0 Å². The molecule has 2 heterocycles. The van der Waals surface area contributed by atoms with Crippen LogP contribution in [0.5, 0.6) is 0 Å². The first-order valence-electron chi connectivity index (χ1n) is 7.65. The van der Waals surface area contributed by atoms with Crippen molar-refractivity contribution in [3.05, 3.63) is 65.3 Å². The Balaban J connectivity index is 1.46. The SMILES string of the molecule is O=C(CCNC(=O)c1csc2ccccc12)NCc1ccccn1. The standard InChI is InChI=1S/C18H17N3O2S/c22-17(21-11-13-5-3-4-9-19-13)8-10-20-18(23)15-12-24-16-7-2-1-6-14(15)16/h1-7,9,12H,8,10-11H2,(H,20,23)(H,21,22). The quantitative estimate of drug-likeness (QED) is 0.725. The van der Waals surface area contributed by atoms with E-state index in [0.29, 0.717) is 18.7 Å². The third-order valence-corrected chi connectivity index (χ3v) is 4.52. The van der Waals surface area contributed by atoms with Gasteiger partial charge in [-0.15, -0.1) is 11.3 Å². The summed E-state index contributed by atoms with van der Waals surface area (Å²) in [5.74, 6) is -0.263. The van der Waals surface area contributed by atoms with Crippen molar-refractivity contribution in [3.63, 3.8) is 0 Å². The number of carbonyl (C=O) groups excluding carboxylic acids is 2. The van der Waals surface area contributed by atoms with Crippen molar-refractivity contribution >= 4 is 33.2 Å². The van der Waals surface area contributed by atoms with Crippen LogP contribution in [0.4, 0.5) is 0 Å². The highest BCUT2D eigenvalue weighted by Gasteiger charge is 2.11. The monoisotopic (exact) mass is 339 g/mol. The summed E-state index contributed by atoms with van der Waals surface area (Å²) in [6, 6.07) is 13.3. The molecule has 5 nitrogen and oxygen atoms in total. The molecule has 3 aromatic rings. The van der Waals surface area contributed by atoms with E-state index in [-0.39, 0.29) is 18.2 Å². The number of carbonyl (C=O) groups is 2. The van der Waals surface area contributed by atoms with Gasteiger partial charge in [0.25, 0.3) is 5.91 Å². The van der Waals surface area contributed by atoms with E-state index in [2.05, 4.69) is 15.6 Å². The molecule has 0 aliphatic carbocycles. The van der Waals surface area contributed by atoms with Gasteiger partial charge in [-0.05, 0) is 18.2 Å². The van der Waals surface area contributed by atoms with Gasteiger partial charge in [-0.1, -0.05) is 24.3 Å². The highest BCUT2D eigenvalue weighted by molar-refractivity contribution is 7.17. The number of pyridine rings is 1. The molecule has 0 spiro atoms. The van der Waals surface area contributed by atoms with Crippen LogP contribution in [0.2, 0.25) is 0 Å². The molecule has 0 atom stereocenters. The predicted octanol–water partition coefficient (Wildman–Crippen LogP) is 2.73. The summed E-state index contributed by atoms with van der Waals surface area (Å²) in [5.41, 5.74) is 1.46. The Bertz CT molecular complexity index is 846. The first-order chi connectivity index (χ1) is 11.7. The van der Waals surface area contributed by atoms with Crippen LogP contribution in [0.3, 0.4) is 0 Å². The van der Waals surface area contributed by atoms with Crippen LogP contribution in [-0.4, -0.2) is 23.3 Å². The second-order valence-corrected chi connectivity index (χ2v) is 6.16. The van der Waals surface area contributed by atoms with Crippen LogP contribution >= 0.6 is 11.3 Å². The Morgan fingerprint density at radius 3 is 2.71 bits per heavy atom. The largest absolute Gasteiger partial charge is 0.351 e. The summed E-state index contributed by atoms with van der Waals surface area (Å²) in [4.78, 5) is 28.2. The molecule has 2 aromatic heterocycles. The molecular weight excluding hydrogens is 322 g/mol. The Labute approximate surface area is 143 Å². The lowest BCUT2D eigenvalue weighted by Gasteiger charge is -2.06. The van der Waals surface area contributed by atoms with E-state index in [4.69, 9.17) is 0 Å². The number of nitrogens with one attached hydrogen (secondary N) is 2. The van der Waals surface area contributed by atoms with Gasteiger partial charge in [0.15, 0.2) is 0 Å². The van der Waals surface area contributed by atoms with E-state index >= 15 is 0 Å². The van der Waals surface area contributed by atoms with Crippen molar-refractivity contribution in [2.45, 2.75) is 13.0 Å². The molecule has 6 heteroatoms. The molecular formula is C18H17N3O2S. The maximum Gasteiger partial charge on any atom is 0.252 e. The zero-order chi connectivity index (χ0) is 16.8. The van der Waals surface area contributed by atoms with Gasteiger partial charge in [-0.3, -0.25) is 14.6 Å². The molecule has 2 amide bonds. The Morgan fingerprint density at radius 1 is 1.04 bits per heavy atom. The van der Waals surface area contributed by atoms with Gasteiger partial charge in [0.05, 0.1) is 17.8 Å². The smallest absolute Gasteiger partial charge is 0.252 e. The van der Waals surface area contributed by atoms with E-state index < -0.39 is 0 Å². The average Bonchev–Trinajstić information content (AvgIpc) is 3.05. The highest BCUT2D eigenvalue weighted by atomic mass is 32.1. The summed E-state index contributed by atoms with van der Waals surface area (Å²) in [6.45, 7) is 0.694. The van der Waals surface area contributed by atoms with Crippen LogP contribution in [-0.2, 0) is 11.3 Å². The fourth-order valence-corrected chi connectivity index (χ4v) is 3.26. The summed E-state index contributed by atoms with van der Waals surface area (Å²) in [5, 5.41) is 8.38. The lowest BCUT2D eigenvalue weighted by atomic mass is 10.1. The summed E-state index contributed by atoms with van der Waals surface area (Å²) >= 11 is 1.54. The van der Waals surface area contributed by atoms with E-state index in [9.17, 15) is 9.59 Å². The molecule has 0 saturated heterocycles. The predicted molar refractivity (Wildman–Crippen MR) is 94.9 cm³/mol. The second-order valence-electron chi connectivity index (χ2n) is 5.25. The number of hydrogen-bond donors (Lipinski definition) is 2. The van der Waals surface area contributed by atoms with Crippen molar-refractivity contribution in [3.8, 4) is 0 Å². The normalized spacial score (nSPS) is 10.5. The number of aromatic nitrogens is 1. The van der Waals surface area contributed by atoms with E-state index in [0.717, 1.165) is 15.8 Å². The highest BCUT2D eigenvalue weighted by Crippen LogP contribution is 2.25. The third-order valence-electron chi connectivity index (χ3n) is 3.56. The van der Waals surface area contributed by atoms with Crippen LogP contribution in [0.15, 0.2) is 54.0 Å². The summed E-state index contributed by atoms with van der Waals surface area (Å²) in [6.07, 6.45) is 1.92. The molecule has 0 saturated carbocycles. The number of fused-ring (bicyclic) bond motifs is 1. The van der Waals surface area contributed by atoms with Gasteiger partial charge in [0, 0.05) is 34.6 Å². The van der Waals surface area contributed by atoms with Crippen LogP contribution < -0.4 is 10.6 Å². The van der Waals surface area contributed by atoms with Gasteiger partial charge in [-0.2, -0.15) is 0 Å². The lowest BCUT2D eigenvalue weighted by Crippen LogP contribution is -2.30. The fraction of sp³-hybridized carbons (Fsp3) is 0.167. The molecule has 0 aliphatic heterocycles. The van der Waals surface area contributed by atoms with Gasteiger partial charge >= 0.3 is 0 Å². The zero-order valence-corrected chi connectivity index (χ0v) is 13.8. The number of thiophene rings is 1. The van der Waals surface area contributed by atoms with Crippen molar-refractivity contribution < 1.29 is 9.59 Å². The number of hydrogen-bond acceptors (Lipinski definition) is 4. The maximum absolute atomic E-state index is 12.2. The van der Waals surface area contributed by atoms with E-state index in [1.54, 1.807) is 17.5 Å². The third kappa shape index (κ3) is 3.97.